The fourth-order valence-electron chi connectivity index (χ4n) is 2.67. The van der Waals surface area contributed by atoms with Gasteiger partial charge in [0.25, 0.3) is 0 Å². The quantitative estimate of drug-likeness (QED) is 0.768. The lowest BCUT2D eigenvalue weighted by molar-refractivity contribution is -0.147. The van der Waals surface area contributed by atoms with Gasteiger partial charge in [-0.05, 0) is 49.3 Å². The minimum Gasteiger partial charge on any atom is -0.497 e. The van der Waals surface area contributed by atoms with Crippen LogP contribution in [-0.2, 0) is 16.0 Å². The average molecular weight is 248 g/mol. The van der Waals surface area contributed by atoms with Crippen molar-refractivity contribution in [2.45, 2.75) is 38.7 Å². The van der Waals surface area contributed by atoms with Crippen molar-refractivity contribution in [3.8, 4) is 5.75 Å². The van der Waals surface area contributed by atoms with Crippen LogP contribution in [0, 0.1) is 5.92 Å². The van der Waals surface area contributed by atoms with Crippen LogP contribution in [-0.4, -0.2) is 19.2 Å². The van der Waals surface area contributed by atoms with Gasteiger partial charge < -0.3 is 9.47 Å². The number of ether oxygens (including phenoxy) is 2. The van der Waals surface area contributed by atoms with Crippen LogP contribution >= 0.6 is 0 Å². The molecule has 98 valence electrons. The van der Waals surface area contributed by atoms with Gasteiger partial charge in [0.15, 0.2) is 0 Å². The Labute approximate surface area is 108 Å². The van der Waals surface area contributed by atoms with E-state index in [9.17, 15) is 4.79 Å². The summed E-state index contributed by atoms with van der Waals surface area (Å²) >= 11 is 0. The van der Waals surface area contributed by atoms with Crippen LogP contribution in [0.3, 0.4) is 0 Å². The third kappa shape index (κ3) is 3.25. The van der Waals surface area contributed by atoms with Crippen molar-refractivity contribution in [3.63, 3.8) is 0 Å². The Bertz CT molecular complexity index is 397. The topological polar surface area (TPSA) is 35.5 Å². The van der Waals surface area contributed by atoms with E-state index in [2.05, 4.69) is 12.1 Å². The van der Waals surface area contributed by atoms with Crippen molar-refractivity contribution in [2.24, 2.45) is 5.92 Å². The van der Waals surface area contributed by atoms with E-state index in [0.717, 1.165) is 31.4 Å². The zero-order valence-electron chi connectivity index (χ0n) is 11.0. The predicted octanol–water partition coefficient (Wildman–Crippen LogP) is 2.97. The third-order valence-corrected chi connectivity index (χ3v) is 3.56. The van der Waals surface area contributed by atoms with E-state index in [-0.39, 0.29) is 12.1 Å². The number of hydrogen-bond donors (Lipinski definition) is 0. The SMILES string of the molecule is COc1ccc(C[C@@H]2CCC[C@@H]2OC(C)=O)cc1. The highest BCUT2D eigenvalue weighted by Crippen LogP contribution is 2.31. The monoisotopic (exact) mass is 248 g/mol. The molecular formula is C15H20O3. The maximum Gasteiger partial charge on any atom is 0.302 e. The fraction of sp³-hybridized carbons (Fsp3) is 0.533. The molecule has 18 heavy (non-hydrogen) atoms. The summed E-state index contributed by atoms with van der Waals surface area (Å²) in [5, 5.41) is 0. The van der Waals surface area contributed by atoms with Crippen LogP contribution in [0.15, 0.2) is 24.3 Å². The Morgan fingerprint density at radius 2 is 2.00 bits per heavy atom. The smallest absolute Gasteiger partial charge is 0.302 e. The number of hydrogen-bond acceptors (Lipinski definition) is 3. The van der Waals surface area contributed by atoms with Gasteiger partial charge in [0.05, 0.1) is 7.11 Å². The van der Waals surface area contributed by atoms with Gasteiger partial charge in [0.1, 0.15) is 11.9 Å². The van der Waals surface area contributed by atoms with Crippen LogP contribution < -0.4 is 4.74 Å². The Kier molecular flexibility index (Phi) is 4.24. The summed E-state index contributed by atoms with van der Waals surface area (Å²) in [4.78, 5) is 11.0. The molecule has 0 unspecified atom stereocenters. The molecule has 0 heterocycles. The highest BCUT2D eigenvalue weighted by molar-refractivity contribution is 5.66. The van der Waals surface area contributed by atoms with E-state index in [4.69, 9.17) is 9.47 Å². The highest BCUT2D eigenvalue weighted by Gasteiger charge is 2.29. The molecule has 1 aromatic carbocycles. The molecular weight excluding hydrogens is 228 g/mol. The second-order valence-corrected chi connectivity index (χ2v) is 4.89. The van der Waals surface area contributed by atoms with Crippen LogP contribution in [0.2, 0.25) is 0 Å². The zero-order valence-corrected chi connectivity index (χ0v) is 11.0. The number of carbonyl (C=O) groups excluding carboxylic acids is 1. The van der Waals surface area contributed by atoms with Crippen LogP contribution in [0.25, 0.3) is 0 Å². The molecule has 0 aliphatic heterocycles. The summed E-state index contributed by atoms with van der Waals surface area (Å²) in [6.07, 6.45) is 4.37. The van der Waals surface area contributed by atoms with Gasteiger partial charge in [-0.3, -0.25) is 4.79 Å². The van der Waals surface area contributed by atoms with Crippen molar-refractivity contribution in [1.82, 2.24) is 0 Å². The Balaban J connectivity index is 1.96. The summed E-state index contributed by atoms with van der Waals surface area (Å²) in [5.74, 6) is 1.17. The molecule has 0 aromatic heterocycles. The molecule has 1 aliphatic rings. The Hall–Kier alpha value is -1.51. The van der Waals surface area contributed by atoms with E-state index in [0.29, 0.717) is 5.92 Å². The van der Waals surface area contributed by atoms with Crippen molar-refractivity contribution in [2.75, 3.05) is 7.11 Å². The van der Waals surface area contributed by atoms with Crippen molar-refractivity contribution in [3.05, 3.63) is 29.8 Å². The third-order valence-electron chi connectivity index (χ3n) is 3.56. The number of esters is 1. The first kappa shape index (κ1) is 12.9. The van der Waals surface area contributed by atoms with Gasteiger partial charge in [0.2, 0.25) is 0 Å². The predicted molar refractivity (Wildman–Crippen MR) is 69.6 cm³/mol. The lowest BCUT2D eigenvalue weighted by Crippen LogP contribution is -2.22. The van der Waals surface area contributed by atoms with E-state index < -0.39 is 0 Å². The van der Waals surface area contributed by atoms with Gasteiger partial charge in [-0.15, -0.1) is 0 Å². The summed E-state index contributed by atoms with van der Waals surface area (Å²) in [6, 6.07) is 8.13. The minimum absolute atomic E-state index is 0.101. The lowest BCUT2D eigenvalue weighted by Gasteiger charge is -2.19. The Morgan fingerprint density at radius 1 is 1.28 bits per heavy atom. The first-order chi connectivity index (χ1) is 8.69. The van der Waals surface area contributed by atoms with Crippen LogP contribution in [0.1, 0.15) is 31.7 Å². The van der Waals surface area contributed by atoms with Gasteiger partial charge in [0, 0.05) is 6.92 Å². The number of methoxy groups -OCH3 is 1. The molecule has 1 aromatic rings. The van der Waals surface area contributed by atoms with Gasteiger partial charge in [-0.25, -0.2) is 0 Å². The van der Waals surface area contributed by atoms with E-state index in [1.165, 1.54) is 12.5 Å². The average Bonchev–Trinajstić information content (AvgIpc) is 2.77. The fourth-order valence-corrected chi connectivity index (χ4v) is 2.67. The van der Waals surface area contributed by atoms with Gasteiger partial charge in [-0.1, -0.05) is 12.1 Å². The summed E-state index contributed by atoms with van der Waals surface area (Å²) in [6.45, 7) is 1.49. The second kappa shape index (κ2) is 5.89. The van der Waals surface area contributed by atoms with Crippen LogP contribution in [0.4, 0.5) is 0 Å². The standard InChI is InChI=1S/C15H20O3/c1-11(16)18-15-5-3-4-13(15)10-12-6-8-14(17-2)9-7-12/h6-9,13,15H,3-5,10H2,1-2H3/t13-,15-/m0/s1. The molecule has 3 heteroatoms. The minimum atomic E-state index is -0.165. The second-order valence-electron chi connectivity index (χ2n) is 4.89. The van der Waals surface area contributed by atoms with Gasteiger partial charge >= 0.3 is 5.97 Å². The molecule has 0 bridgehead atoms. The molecule has 1 aliphatic carbocycles. The highest BCUT2D eigenvalue weighted by atomic mass is 16.5. The van der Waals surface area contributed by atoms with E-state index in [1.54, 1.807) is 7.11 Å². The maximum absolute atomic E-state index is 11.0. The number of rotatable bonds is 4. The summed E-state index contributed by atoms with van der Waals surface area (Å²) < 4.78 is 10.5. The lowest BCUT2D eigenvalue weighted by atomic mass is 9.96. The molecule has 0 spiro atoms. The molecule has 3 nitrogen and oxygen atoms in total. The molecule has 1 fully saturated rings. The summed E-state index contributed by atoms with van der Waals surface area (Å²) in [5.41, 5.74) is 1.28. The first-order valence-electron chi connectivity index (χ1n) is 6.49. The molecule has 2 atom stereocenters. The maximum atomic E-state index is 11.0. The van der Waals surface area contributed by atoms with Crippen molar-refractivity contribution >= 4 is 5.97 Å². The van der Waals surface area contributed by atoms with Crippen LogP contribution in [0.5, 0.6) is 5.75 Å². The molecule has 0 radical (unpaired) electrons. The molecule has 1 saturated carbocycles. The van der Waals surface area contributed by atoms with E-state index in [1.807, 2.05) is 12.1 Å². The van der Waals surface area contributed by atoms with Crippen molar-refractivity contribution < 1.29 is 14.3 Å². The zero-order chi connectivity index (χ0) is 13.0. The van der Waals surface area contributed by atoms with Gasteiger partial charge in [-0.2, -0.15) is 0 Å². The Morgan fingerprint density at radius 3 is 2.61 bits per heavy atom. The molecule has 0 amide bonds. The molecule has 0 saturated heterocycles. The normalized spacial score (nSPS) is 22.8. The van der Waals surface area contributed by atoms with E-state index >= 15 is 0 Å². The summed E-state index contributed by atoms with van der Waals surface area (Å²) in [7, 11) is 1.67. The largest absolute Gasteiger partial charge is 0.497 e. The molecule has 2 rings (SSSR count). The number of benzene rings is 1. The van der Waals surface area contributed by atoms with Crippen molar-refractivity contribution in [1.29, 1.82) is 0 Å². The first-order valence-corrected chi connectivity index (χ1v) is 6.49. The molecule has 0 N–H and O–H groups in total. The number of carbonyl (C=O) groups is 1.